The molecule has 1 N–H and O–H groups in total. The summed E-state index contributed by atoms with van der Waals surface area (Å²) >= 11 is 1.22. The molecule has 0 aliphatic carbocycles. The fourth-order valence-corrected chi connectivity index (χ4v) is 3.48. The van der Waals surface area contributed by atoms with E-state index in [1.165, 1.54) is 23.5 Å². The summed E-state index contributed by atoms with van der Waals surface area (Å²) in [5.41, 5.74) is 0.243. The van der Waals surface area contributed by atoms with Crippen LogP contribution < -0.4 is 10.1 Å². The summed E-state index contributed by atoms with van der Waals surface area (Å²) in [6.45, 7) is 5.39. The second-order valence-electron chi connectivity index (χ2n) is 5.62. The average Bonchev–Trinajstić information content (AvgIpc) is 3.14. The summed E-state index contributed by atoms with van der Waals surface area (Å²) in [5, 5.41) is 4.54. The normalized spacial score (nSPS) is 21.0. The molecule has 0 saturated carbocycles. The number of methoxy groups -OCH3 is 1. The number of carbonyl (C=O) groups excluding carboxylic acids is 2. The van der Waals surface area contributed by atoms with Crippen LogP contribution in [0.15, 0.2) is 15.9 Å². The van der Waals surface area contributed by atoms with Crippen molar-refractivity contribution in [3.05, 3.63) is 34.1 Å². The highest BCUT2D eigenvalue weighted by Crippen LogP contribution is 2.34. The van der Waals surface area contributed by atoms with Crippen molar-refractivity contribution in [3.63, 3.8) is 0 Å². The third kappa shape index (κ3) is 2.39. The highest BCUT2D eigenvalue weighted by Gasteiger charge is 2.50. The zero-order valence-electron chi connectivity index (χ0n) is 13.3. The molecule has 1 aliphatic heterocycles. The fourth-order valence-electron chi connectivity index (χ4n) is 2.84. The summed E-state index contributed by atoms with van der Waals surface area (Å²) < 4.78 is 14.7. The van der Waals surface area contributed by atoms with Gasteiger partial charge in [0.05, 0.1) is 13.7 Å². The van der Waals surface area contributed by atoms with Gasteiger partial charge < -0.3 is 14.5 Å². The van der Waals surface area contributed by atoms with Gasteiger partial charge in [-0.15, -0.1) is 0 Å². The number of carbonyl (C=O) groups is 2. The monoisotopic (exact) mass is 335 g/mol. The van der Waals surface area contributed by atoms with Gasteiger partial charge in [-0.1, -0.05) is 0 Å². The maximum Gasteiger partial charge on any atom is 0.325 e. The number of furan rings is 1. The number of hydrogen-bond donors (Lipinski definition) is 1. The lowest BCUT2D eigenvalue weighted by molar-refractivity contribution is -0.131. The number of ether oxygens (including phenoxy) is 1. The molecule has 3 rings (SSSR count). The van der Waals surface area contributed by atoms with Gasteiger partial charge in [-0.3, -0.25) is 9.69 Å². The first-order chi connectivity index (χ1) is 10.9. The smallest absolute Gasteiger partial charge is 0.325 e. The van der Waals surface area contributed by atoms with Gasteiger partial charge in [0, 0.05) is 16.5 Å². The number of aromatic nitrogens is 1. The summed E-state index contributed by atoms with van der Waals surface area (Å²) in [6, 6.07) is 1.34. The lowest BCUT2D eigenvalue weighted by Gasteiger charge is -2.21. The molecule has 0 bridgehead atoms. The minimum absolute atomic E-state index is 0.121. The van der Waals surface area contributed by atoms with Crippen molar-refractivity contribution in [2.45, 2.75) is 32.9 Å². The summed E-state index contributed by atoms with van der Waals surface area (Å²) in [7, 11) is 1.51. The molecule has 23 heavy (non-hydrogen) atoms. The Hall–Kier alpha value is -2.35. The van der Waals surface area contributed by atoms with Gasteiger partial charge in [0.1, 0.15) is 17.1 Å². The highest BCUT2D eigenvalue weighted by molar-refractivity contribution is 7.03. The third-order valence-electron chi connectivity index (χ3n) is 3.98. The Bertz CT molecular complexity index is 782. The number of hydrogen-bond acceptors (Lipinski definition) is 6. The predicted molar refractivity (Wildman–Crippen MR) is 83.3 cm³/mol. The second kappa shape index (κ2) is 5.38. The standard InChI is InChI=1S/C15H17N3O4S/c1-8-5-11(9(2)22-8)15(3)13(19)18(14(20)16-15)6-10-7-23-17-12(10)21-4/h5,7H,6H2,1-4H3,(H,16,20). The zero-order valence-corrected chi connectivity index (χ0v) is 14.1. The second-order valence-corrected chi connectivity index (χ2v) is 6.25. The topological polar surface area (TPSA) is 84.7 Å². The first-order valence-corrected chi connectivity index (χ1v) is 7.89. The van der Waals surface area contributed by atoms with Gasteiger partial charge in [0.2, 0.25) is 5.88 Å². The van der Waals surface area contributed by atoms with Crippen molar-refractivity contribution in [2.24, 2.45) is 0 Å². The van der Waals surface area contributed by atoms with E-state index in [1.807, 2.05) is 0 Å². The molecule has 1 saturated heterocycles. The van der Waals surface area contributed by atoms with E-state index < -0.39 is 11.6 Å². The van der Waals surface area contributed by atoms with Crippen LogP contribution in [0.4, 0.5) is 4.79 Å². The fraction of sp³-hybridized carbons (Fsp3) is 0.400. The van der Waals surface area contributed by atoms with Crippen molar-refractivity contribution in [3.8, 4) is 5.88 Å². The van der Waals surface area contributed by atoms with E-state index in [0.29, 0.717) is 28.5 Å². The number of rotatable bonds is 4. The van der Waals surface area contributed by atoms with Crippen molar-refractivity contribution in [2.75, 3.05) is 7.11 Å². The van der Waals surface area contributed by atoms with E-state index >= 15 is 0 Å². The van der Waals surface area contributed by atoms with E-state index in [9.17, 15) is 9.59 Å². The quantitative estimate of drug-likeness (QED) is 0.867. The zero-order chi connectivity index (χ0) is 16.8. The minimum Gasteiger partial charge on any atom is -0.480 e. The Labute approximate surface area is 137 Å². The first kappa shape index (κ1) is 15.5. The van der Waals surface area contributed by atoms with Crippen molar-refractivity contribution >= 4 is 23.5 Å². The molecule has 1 atom stereocenters. The van der Waals surface area contributed by atoms with Crippen LogP contribution in [0, 0.1) is 13.8 Å². The van der Waals surface area contributed by atoms with Crippen molar-refractivity contribution < 1.29 is 18.7 Å². The number of aryl methyl sites for hydroxylation is 2. The lowest BCUT2D eigenvalue weighted by Crippen LogP contribution is -2.41. The van der Waals surface area contributed by atoms with E-state index in [2.05, 4.69) is 9.69 Å². The maximum atomic E-state index is 12.9. The number of urea groups is 1. The van der Waals surface area contributed by atoms with E-state index in [0.717, 1.165) is 0 Å². The molecule has 1 fully saturated rings. The largest absolute Gasteiger partial charge is 0.480 e. The van der Waals surface area contributed by atoms with Crippen LogP contribution in [0.5, 0.6) is 5.88 Å². The maximum absolute atomic E-state index is 12.9. The third-order valence-corrected chi connectivity index (χ3v) is 4.64. The van der Waals surface area contributed by atoms with E-state index in [4.69, 9.17) is 9.15 Å². The molecular weight excluding hydrogens is 318 g/mol. The van der Waals surface area contributed by atoms with Gasteiger partial charge in [-0.2, -0.15) is 4.37 Å². The molecule has 2 aromatic rings. The summed E-state index contributed by atoms with van der Waals surface area (Å²) in [4.78, 5) is 26.4. The molecule has 3 amide bonds. The molecule has 0 aromatic carbocycles. The molecule has 2 aromatic heterocycles. The Morgan fingerprint density at radius 3 is 2.78 bits per heavy atom. The molecule has 122 valence electrons. The van der Waals surface area contributed by atoms with Gasteiger partial charge in [0.25, 0.3) is 5.91 Å². The van der Waals surface area contributed by atoms with Crippen LogP contribution in [-0.4, -0.2) is 28.3 Å². The molecule has 0 radical (unpaired) electrons. The average molecular weight is 335 g/mol. The van der Waals surface area contributed by atoms with E-state index in [-0.39, 0.29) is 12.5 Å². The number of amides is 3. The van der Waals surface area contributed by atoms with Crippen molar-refractivity contribution in [1.82, 2.24) is 14.6 Å². The lowest BCUT2D eigenvalue weighted by atomic mass is 9.92. The Morgan fingerprint density at radius 1 is 1.43 bits per heavy atom. The van der Waals surface area contributed by atoms with E-state index in [1.54, 1.807) is 32.2 Å². The summed E-state index contributed by atoms with van der Waals surface area (Å²) in [6.07, 6.45) is 0. The van der Waals surface area contributed by atoms with Crippen molar-refractivity contribution in [1.29, 1.82) is 0 Å². The van der Waals surface area contributed by atoms with Gasteiger partial charge in [-0.25, -0.2) is 4.79 Å². The molecule has 1 unspecified atom stereocenters. The highest BCUT2D eigenvalue weighted by atomic mass is 32.1. The number of nitrogens with zero attached hydrogens (tertiary/aromatic N) is 2. The summed E-state index contributed by atoms with van der Waals surface area (Å²) in [5.74, 6) is 1.43. The SMILES string of the molecule is COc1nscc1CN1C(=O)NC(C)(c2cc(C)oc2C)C1=O. The van der Waals surface area contributed by atoms with Crippen LogP contribution in [0.25, 0.3) is 0 Å². The first-order valence-electron chi connectivity index (χ1n) is 7.05. The van der Waals surface area contributed by atoms with Crippen LogP contribution >= 0.6 is 11.5 Å². The van der Waals surface area contributed by atoms with Crippen LogP contribution in [0.1, 0.15) is 29.6 Å². The molecule has 0 spiro atoms. The molecule has 3 heterocycles. The number of nitrogens with one attached hydrogen (secondary N) is 1. The Kier molecular flexibility index (Phi) is 3.63. The molecule has 7 nitrogen and oxygen atoms in total. The molecule has 8 heteroatoms. The van der Waals surface area contributed by atoms with Gasteiger partial charge in [0.15, 0.2) is 0 Å². The van der Waals surface area contributed by atoms with Crippen LogP contribution in [0.2, 0.25) is 0 Å². The number of imide groups is 1. The predicted octanol–water partition coefficient (Wildman–Crippen LogP) is 2.33. The van der Waals surface area contributed by atoms with Gasteiger partial charge in [-0.05, 0) is 38.4 Å². The Balaban J connectivity index is 1.92. The van der Waals surface area contributed by atoms with Crippen LogP contribution in [-0.2, 0) is 16.9 Å². The Morgan fingerprint density at radius 2 is 2.17 bits per heavy atom. The molecular formula is C15H17N3O4S. The minimum atomic E-state index is -1.13. The van der Waals surface area contributed by atoms with Gasteiger partial charge >= 0.3 is 6.03 Å². The molecule has 1 aliphatic rings. The van der Waals surface area contributed by atoms with Crippen LogP contribution in [0.3, 0.4) is 0 Å².